The maximum Gasteiger partial charge on any atom is 0.319 e. The smallest absolute Gasteiger partial charge is 0.319 e. The molecule has 1 atom stereocenters. The molecule has 0 bridgehead atoms. The van der Waals surface area contributed by atoms with Crippen LogP contribution in [0.25, 0.3) is 0 Å². The van der Waals surface area contributed by atoms with Crippen LogP contribution in [0.2, 0.25) is 0 Å². The summed E-state index contributed by atoms with van der Waals surface area (Å²) in [5.74, 6) is 0.985. The van der Waals surface area contributed by atoms with Crippen LogP contribution >= 0.6 is 0 Å². The van der Waals surface area contributed by atoms with E-state index in [9.17, 15) is 9.59 Å². The average Bonchev–Trinajstić information content (AvgIpc) is 3.14. The number of carbonyl (C=O) groups excluding carboxylic acids is 2. The van der Waals surface area contributed by atoms with Gasteiger partial charge < -0.3 is 19.9 Å². The molecule has 0 aromatic heterocycles. The standard InChI is InChI=1S/C21H29N3O3/c25-20(17-9-14-27-19-6-2-1-5-16(19)15-17)22-18-7-12-24(13-8-18)21(26)23-10-3-4-11-23/h1-2,5-6,17-18H,3-4,7-15H2,(H,22,25). The number of hydrogen-bond acceptors (Lipinski definition) is 3. The molecule has 2 saturated heterocycles. The molecule has 1 unspecified atom stereocenters. The Labute approximate surface area is 160 Å². The summed E-state index contributed by atoms with van der Waals surface area (Å²) < 4.78 is 5.78. The topological polar surface area (TPSA) is 61.9 Å². The second-order valence-electron chi connectivity index (χ2n) is 7.89. The minimum Gasteiger partial charge on any atom is -0.493 e. The zero-order valence-corrected chi connectivity index (χ0v) is 15.9. The third-order valence-electron chi connectivity index (χ3n) is 6.02. The van der Waals surface area contributed by atoms with Crippen molar-refractivity contribution in [2.75, 3.05) is 32.8 Å². The molecule has 3 amide bonds. The van der Waals surface area contributed by atoms with Crippen LogP contribution in [-0.2, 0) is 11.2 Å². The first-order valence-corrected chi connectivity index (χ1v) is 10.3. The zero-order chi connectivity index (χ0) is 18.6. The van der Waals surface area contributed by atoms with Crippen LogP contribution in [0.1, 0.15) is 37.7 Å². The molecule has 0 aliphatic carbocycles. The van der Waals surface area contributed by atoms with Crippen molar-refractivity contribution < 1.29 is 14.3 Å². The first-order valence-electron chi connectivity index (χ1n) is 10.3. The number of carbonyl (C=O) groups is 2. The van der Waals surface area contributed by atoms with Gasteiger partial charge in [-0.25, -0.2) is 4.79 Å². The number of piperidine rings is 1. The SMILES string of the molecule is O=C(NC1CCN(C(=O)N2CCCC2)CC1)C1CCOc2ccccc2C1. The molecule has 0 saturated carbocycles. The molecule has 1 aromatic rings. The normalized spacial score (nSPS) is 23.3. The van der Waals surface area contributed by atoms with Gasteiger partial charge in [0, 0.05) is 38.1 Å². The monoisotopic (exact) mass is 371 g/mol. The van der Waals surface area contributed by atoms with Gasteiger partial charge in [-0.3, -0.25) is 4.79 Å². The number of rotatable bonds is 2. The van der Waals surface area contributed by atoms with Crippen molar-refractivity contribution >= 4 is 11.9 Å². The predicted octanol–water partition coefficient (Wildman–Crippen LogP) is 2.42. The Bertz CT molecular complexity index is 679. The molecule has 4 rings (SSSR count). The summed E-state index contributed by atoms with van der Waals surface area (Å²) in [7, 11) is 0. The highest BCUT2D eigenvalue weighted by Crippen LogP contribution is 2.27. The van der Waals surface area contributed by atoms with Gasteiger partial charge in [-0.15, -0.1) is 0 Å². The maximum atomic E-state index is 12.8. The Morgan fingerprint density at radius 1 is 0.963 bits per heavy atom. The van der Waals surface area contributed by atoms with Crippen LogP contribution in [0, 0.1) is 5.92 Å². The van der Waals surface area contributed by atoms with E-state index in [1.165, 1.54) is 0 Å². The molecule has 0 spiro atoms. The molecular formula is C21H29N3O3. The largest absolute Gasteiger partial charge is 0.493 e. The Morgan fingerprint density at radius 3 is 2.44 bits per heavy atom. The van der Waals surface area contributed by atoms with E-state index < -0.39 is 0 Å². The summed E-state index contributed by atoms with van der Waals surface area (Å²) in [5, 5.41) is 3.23. The molecule has 1 aromatic carbocycles. The Balaban J connectivity index is 1.27. The van der Waals surface area contributed by atoms with Crippen molar-refractivity contribution in [3.8, 4) is 5.75 Å². The molecule has 146 valence electrons. The fourth-order valence-electron chi connectivity index (χ4n) is 4.36. The molecule has 6 nitrogen and oxygen atoms in total. The van der Waals surface area contributed by atoms with Crippen LogP contribution in [0.3, 0.4) is 0 Å². The van der Waals surface area contributed by atoms with Crippen LogP contribution in [-0.4, -0.2) is 60.6 Å². The molecule has 1 N–H and O–H groups in total. The summed E-state index contributed by atoms with van der Waals surface area (Å²) in [5.41, 5.74) is 1.11. The molecule has 6 heteroatoms. The van der Waals surface area contributed by atoms with Crippen molar-refractivity contribution in [3.63, 3.8) is 0 Å². The van der Waals surface area contributed by atoms with Gasteiger partial charge in [0.25, 0.3) is 0 Å². The fourth-order valence-corrected chi connectivity index (χ4v) is 4.36. The molecule has 3 aliphatic heterocycles. The number of ether oxygens (including phenoxy) is 1. The van der Waals surface area contributed by atoms with E-state index in [0.717, 1.165) is 76.0 Å². The number of amides is 3. The molecule has 3 heterocycles. The van der Waals surface area contributed by atoms with Crippen LogP contribution in [0.4, 0.5) is 4.79 Å². The van der Waals surface area contributed by atoms with Crippen molar-refractivity contribution in [1.29, 1.82) is 0 Å². The van der Waals surface area contributed by atoms with E-state index in [2.05, 4.69) is 5.32 Å². The quantitative estimate of drug-likeness (QED) is 0.869. The van der Waals surface area contributed by atoms with Crippen LogP contribution < -0.4 is 10.1 Å². The van der Waals surface area contributed by atoms with Gasteiger partial charge in [-0.2, -0.15) is 0 Å². The van der Waals surface area contributed by atoms with E-state index in [4.69, 9.17) is 4.74 Å². The maximum absolute atomic E-state index is 12.8. The number of hydrogen-bond donors (Lipinski definition) is 1. The van der Waals surface area contributed by atoms with Gasteiger partial charge in [0.2, 0.25) is 5.91 Å². The Morgan fingerprint density at radius 2 is 1.67 bits per heavy atom. The van der Waals surface area contributed by atoms with E-state index in [-0.39, 0.29) is 23.9 Å². The number of nitrogens with one attached hydrogen (secondary N) is 1. The van der Waals surface area contributed by atoms with E-state index in [1.807, 2.05) is 34.1 Å². The summed E-state index contributed by atoms with van der Waals surface area (Å²) >= 11 is 0. The molecule has 27 heavy (non-hydrogen) atoms. The summed E-state index contributed by atoms with van der Waals surface area (Å²) in [6.07, 6.45) is 5.39. The number of likely N-dealkylation sites (tertiary alicyclic amines) is 2. The van der Waals surface area contributed by atoms with Gasteiger partial charge in [0.05, 0.1) is 6.61 Å². The second kappa shape index (κ2) is 8.19. The molecule has 0 radical (unpaired) electrons. The molecule has 2 fully saturated rings. The third-order valence-corrected chi connectivity index (χ3v) is 6.02. The van der Waals surface area contributed by atoms with E-state index in [1.54, 1.807) is 0 Å². The van der Waals surface area contributed by atoms with E-state index >= 15 is 0 Å². The second-order valence-corrected chi connectivity index (χ2v) is 7.89. The van der Waals surface area contributed by atoms with Crippen molar-refractivity contribution in [1.82, 2.24) is 15.1 Å². The highest BCUT2D eigenvalue weighted by molar-refractivity contribution is 5.79. The minimum absolute atomic E-state index is 0.0436. The zero-order valence-electron chi connectivity index (χ0n) is 15.9. The number of para-hydroxylation sites is 1. The van der Waals surface area contributed by atoms with Gasteiger partial charge in [0.1, 0.15) is 5.75 Å². The lowest BCUT2D eigenvalue weighted by atomic mass is 9.95. The summed E-state index contributed by atoms with van der Waals surface area (Å²) in [6.45, 7) is 3.83. The lowest BCUT2D eigenvalue weighted by Gasteiger charge is -2.35. The Hall–Kier alpha value is -2.24. The van der Waals surface area contributed by atoms with Crippen LogP contribution in [0.15, 0.2) is 24.3 Å². The van der Waals surface area contributed by atoms with Gasteiger partial charge >= 0.3 is 6.03 Å². The fraction of sp³-hybridized carbons (Fsp3) is 0.619. The highest BCUT2D eigenvalue weighted by atomic mass is 16.5. The Kier molecular flexibility index (Phi) is 5.50. The van der Waals surface area contributed by atoms with Gasteiger partial charge in [-0.1, -0.05) is 18.2 Å². The first-order chi connectivity index (χ1) is 13.2. The van der Waals surface area contributed by atoms with Crippen molar-refractivity contribution in [3.05, 3.63) is 29.8 Å². The number of benzene rings is 1. The van der Waals surface area contributed by atoms with Gasteiger partial charge in [0.15, 0.2) is 0 Å². The van der Waals surface area contributed by atoms with Crippen molar-refractivity contribution in [2.45, 2.75) is 44.6 Å². The third kappa shape index (κ3) is 4.20. The summed E-state index contributed by atoms with van der Waals surface area (Å²) in [6, 6.07) is 8.33. The minimum atomic E-state index is -0.0436. The average molecular weight is 371 g/mol. The molecular weight excluding hydrogens is 342 g/mol. The predicted molar refractivity (Wildman–Crippen MR) is 103 cm³/mol. The van der Waals surface area contributed by atoms with Gasteiger partial charge in [-0.05, 0) is 50.2 Å². The lowest BCUT2D eigenvalue weighted by Crippen LogP contribution is -2.50. The number of fused-ring (bicyclic) bond motifs is 1. The first kappa shape index (κ1) is 18.1. The molecule has 3 aliphatic rings. The van der Waals surface area contributed by atoms with E-state index in [0.29, 0.717) is 6.61 Å². The summed E-state index contributed by atoms with van der Waals surface area (Å²) in [4.78, 5) is 29.2. The number of urea groups is 1. The number of nitrogens with zero attached hydrogens (tertiary/aromatic N) is 2. The highest BCUT2D eigenvalue weighted by Gasteiger charge is 2.30. The van der Waals surface area contributed by atoms with Crippen molar-refractivity contribution in [2.24, 2.45) is 5.92 Å². The van der Waals surface area contributed by atoms with Crippen LogP contribution in [0.5, 0.6) is 5.75 Å². The lowest BCUT2D eigenvalue weighted by molar-refractivity contribution is -0.126.